The number of hydrogen-bond acceptors (Lipinski definition) is 3. The van der Waals surface area contributed by atoms with Gasteiger partial charge in [-0.05, 0) is 60.8 Å². The minimum atomic E-state index is -0.316. The van der Waals surface area contributed by atoms with Crippen LogP contribution in [0.1, 0.15) is 30.7 Å². The van der Waals surface area contributed by atoms with Crippen molar-refractivity contribution in [2.24, 2.45) is 4.99 Å². The van der Waals surface area contributed by atoms with E-state index in [0.717, 1.165) is 16.8 Å². The molecule has 0 radical (unpaired) electrons. The SMILES string of the molecule is CC=N/C=C(\C)Cn1c(C)cc(OCc2ccc(C)cc2F)c(Br)c1=O. The lowest BCUT2D eigenvalue weighted by Gasteiger charge is -2.15. The van der Waals surface area contributed by atoms with Crippen LogP contribution in [-0.2, 0) is 13.2 Å². The van der Waals surface area contributed by atoms with Crippen LogP contribution < -0.4 is 10.3 Å². The van der Waals surface area contributed by atoms with Gasteiger partial charge in [-0.1, -0.05) is 12.1 Å². The Bertz CT molecular complexity index is 917. The Labute approximate surface area is 161 Å². The van der Waals surface area contributed by atoms with E-state index in [1.807, 2.05) is 33.8 Å². The van der Waals surface area contributed by atoms with Gasteiger partial charge in [0.15, 0.2) is 0 Å². The van der Waals surface area contributed by atoms with Crippen LogP contribution in [0.25, 0.3) is 0 Å². The summed E-state index contributed by atoms with van der Waals surface area (Å²) in [6.45, 7) is 7.91. The summed E-state index contributed by atoms with van der Waals surface area (Å²) in [4.78, 5) is 16.7. The highest BCUT2D eigenvalue weighted by molar-refractivity contribution is 9.10. The summed E-state index contributed by atoms with van der Waals surface area (Å²) < 4.78 is 21.6. The molecule has 0 N–H and O–H groups in total. The highest BCUT2D eigenvalue weighted by Crippen LogP contribution is 2.24. The molecule has 0 bridgehead atoms. The van der Waals surface area contributed by atoms with Crippen molar-refractivity contribution in [3.8, 4) is 5.75 Å². The van der Waals surface area contributed by atoms with Gasteiger partial charge in [0.1, 0.15) is 22.6 Å². The summed E-state index contributed by atoms with van der Waals surface area (Å²) in [6.07, 6.45) is 3.42. The molecule has 0 fully saturated rings. The van der Waals surface area contributed by atoms with Gasteiger partial charge in [-0.25, -0.2) is 4.39 Å². The van der Waals surface area contributed by atoms with Crippen LogP contribution in [0.3, 0.4) is 0 Å². The van der Waals surface area contributed by atoms with Gasteiger partial charge in [0, 0.05) is 36.3 Å². The molecule has 138 valence electrons. The van der Waals surface area contributed by atoms with Crippen LogP contribution in [0.5, 0.6) is 5.75 Å². The summed E-state index contributed by atoms with van der Waals surface area (Å²) in [7, 11) is 0. The average Bonchev–Trinajstić information content (AvgIpc) is 2.60. The first-order valence-corrected chi connectivity index (χ1v) is 9.04. The van der Waals surface area contributed by atoms with Crippen molar-refractivity contribution >= 4 is 22.1 Å². The average molecular weight is 421 g/mol. The second kappa shape index (κ2) is 8.94. The molecule has 2 rings (SSSR count). The van der Waals surface area contributed by atoms with E-state index < -0.39 is 0 Å². The van der Waals surface area contributed by atoms with Crippen molar-refractivity contribution in [2.75, 3.05) is 0 Å². The molecule has 1 aromatic heterocycles. The number of hydrogen-bond donors (Lipinski definition) is 0. The Morgan fingerprint density at radius 1 is 1.35 bits per heavy atom. The van der Waals surface area contributed by atoms with E-state index in [4.69, 9.17) is 4.74 Å². The lowest BCUT2D eigenvalue weighted by Crippen LogP contribution is -2.24. The number of allylic oxidation sites excluding steroid dienone is 1. The van der Waals surface area contributed by atoms with Crippen molar-refractivity contribution in [3.63, 3.8) is 0 Å². The van der Waals surface area contributed by atoms with Crippen LogP contribution >= 0.6 is 15.9 Å². The highest BCUT2D eigenvalue weighted by atomic mass is 79.9. The number of aromatic nitrogens is 1. The lowest BCUT2D eigenvalue weighted by molar-refractivity contribution is 0.296. The Balaban J connectivity index is 2.25. The van der Waals surface area contributed by atoms with Crippen molar-refractivity contribution in [1.82, 2.24) is 4.57 Å². The van der Waals surface area contributed by atoms with Crippen LogP contribution in [0.4, 0.5) is 4.39 Å². The molecule has 1 aromatic carbocycles. The third-order valence-corrected chi connectivity index (χ3v) is 4.59. The molecule has 1 heterocycles. The molecule has 0 unspecified atom stereocenters. The van der Waals surface area contributed by atoms with E-state index >= 15 is 0 Å². The zero-order valence-corrected chi connectivity index (χ0v) is 16.9. The summed E-state index contributed by atoms with van der Waals surface area (Å²) in [5, 5.41) is 0. The third-order valence-electron chi connectivity index (χ3n) is 3.86. The van der Waals surface area contributed by atoms with E-state index in [-0.39, 0.29) is 18.0 Å². The molecular formula is C20H22BrFN2O2. The lowest BCUT2D eigenvalue weighted by atomic mass is 10.1. The number of nitrogens with zero attached hydrogens (tertiary/aromatic N) is 2. The van der Waals surface area contributed by atoms with Gasteiger partial charge in [0.2, 0.25) is 0 Å². The molecule has 4 nitrogen and oxygen atoms in total. The van der Waals surface area contributed by atoms with Crippen LogP contribution in [0.15, 0.2) is 50.3 Å². The number of aryl methyl sites for hydroxylation is 2. The zero-order chi connectivity index (χ0) is 19.3. The molecule has 0 aliphatic rings. The number of ether oxygens (including phenoxy) is 1. The zero-order valence-electron chi connectivity index (χ0n) is 15.3. The number of rotatable bonds is 6. The first kappa shape index (κ1) is 20.1. The second-order valence-corrected chi connectivity index (χ2v) is 6.91. The molecule has 0 spiro atoms. The van der Waals surface area contributed by atoms with Crippen LogP contribution in [0.2, 0.25) is 0 Å². The monoisotopic (exact) mass is 420 g/mol. The Morgan fingerprint density at radius 3 is 2.73 bits per heavy atom. The molecule has 0 saturated heterocycles. The molecule has 6 heteroatoms. The maximum Gasteiger partial charge on any atom is 0.269 e. The highest BCUT2D eigenvalue weighted by Gasteiger charge is 2.13. The Hall–Kier alpha value is -2.21. The van der Waals surface area contributed by atoms with Gasteiger partial charge in [-0.15, -0.1) is 0 Å². The summed E-state index contributed by atoms with van der Waals surface area (Å²) in [6, 6.07) is 6.75. The summed E-state index contributed by atoms with van der Waals surface area (Å²) in [5.74, 6) is 0.0837. The quantitative estimate of drug-likeness (QED) is 0.621. The van der Waals surface area contributed by atoms with Crippen molar-refractivity contribution < 1.29 is 9.13 Å². The van der Waals surface area contributed by atoms with Gasteiger partial charge in [0.05, 0.1) is 0 Å². The van der Waals surface area contributed by atoms with Gasteiger partial charge in [-0.2, -0.15) is 0 Å². The molecule has 0 saturated carbocycles. The number of aliphatic imine (C=N–C) groups is 1. The maximum atomic E-state index is 13.9. The maximum absolute atomic E-state index is 13.9. The standard InChI is InChI=1S/C20H22BrFN2O2/c1-5-23-10-14(3)11-24-15(4)9-18(19(21)20(24)25)26-12-16-7-6-13(2)8-17(16)22/h5-10H,11-12H2,1-4H3/b14-10+,23-5?. The van der Waals surface area contributed by atoms with Gasteiger partial charge >= 0.3 is 0 Å². The number of halogens is 2. The van der Waals surface area contributed by atoms with Crippen LogP contribution in [0, 0.1) is 19.7 Å². The summed E-state index contributed by atoms with van der Waals surface area (Å²) in [5.41, 5.74) is 2.81. The fraction of sp³-hybridized carbons (Fsp3) is 0.300. The minimum Gasteiger partial charge on any atom is -0.487 e. The number of pyridine rings is 1. The predicted molar refractivity (Wildman–Crippen MR) is 107 cm³/mol. The summed E-state index contributed by atoms with van der Waals surface area (Å²) >= 11 is 3.31. The molecule has 0 amide bonds. The molecule has 0 aliphatic carbocycles. The van der Waals surface area contributed by atoms with Crippen LogP contribution in [-0.4, -0.2) is 10.8 Å². The largest absolute Gasteiger partial charge is 0.487 e. The van der Waals surface area contributed by atoms with Crippen molar-refractivity contribution in [2.45, 2.75) is 40.8 Å². The van der Waals surface area contributed by atoms with Crippen molar-refractivity contribution in [1.29, 1.82) is 0 Å². The predicted octanol–water partition coefficient (Wildman–Crippen LogP) is 4.94. The first-order valence-electron chi connectivity index (χ1n) is 8.24. The second-order valence-electron chi connectivity index (χ2n) is 6.12. The first-order chi connectivity index (χ1) is 12.3. The smallest absolute Gasteiger partial charge is 0.269 e. The Morgan fingerprint density at radius 2 is 2.08 bits per heavy atom. The van der Waals surface area contributed by atoms with E-state index in [9.17, 15) is 9.18 Å². The molecule has 0 aliphatic heterocycles. The fourth-order valence-corrected chi connectivity index (χ4v) is 2.88. The van der Waals surface area contributed by atoms with E-state index in [2.05, 4.69) is 20.9 Å². The third kappa shape index (κ3) is 4.91. The van der Waals surface area contributed by atoms with Gasteiger partial charge in [0.25, 0.3) is 5.56 Å². The Kier molecular flexibility index (Phi) is 6.91. The van der Waals surface area contributed by atoms with E-state index in [0.29, 0.717) is 22.3 Å². The molecular weight excluding hydrogens is 399 g/mol. The van der Waals surface area contributed by atoms with E-state index in [1.165, 1.54) is 6.07 Å². The normalized spacial score (nSPS) is 12.0. The van der Waals surface area contributed by atoms with Crippen molar-refractivity contribution in [3.05, 3.63) is 73.5 Å². The van der Waals surface area contributed by atoms with E-state index in [1.54, 1.807) is 29.1 Å². The minimum absolute atomic E-state index is 0.0533. The molecule has 2 aromatic rings. The van der Waals surface area contributed by atoms with Gasteiger partial charge in [-0.3, -0.25) is 9.79 Å². The molecule has 26 heavy (non-hydrogen) atoms. The number of benzene rings is 1. The van der Waals surface area contributed by atoms with Gasteiger partial charge < -0.3 is 9.30 Å². The topological polar surface area (TPSA) is 43.6 Å². The fourth-order valence-electron chi connectivity index (χ4n) is 2.43. The molecule has 0 atom stereocenters.